The molecule has 28 heavy (non-hydrogen) atoms. The van der Waals surface area contributed by atoms with Crippen molar-refractivity contribution in [3.63, 3.8) is 0 Å². The summed E-state index contributed by atoms with van der Waals surface area (Å²) < 4.78 is 15.4. The number of amidine groups is 1. The summed E-state index contributed by atoms with van der Waals surface area (Å²) in [5.41, 5.74) is 2.54. The number of methoxy groups -OCH3 is 2. The maximum absolute atomic E-state index is 12.6. The maximum Gasteiger partial charge on any atom is 0.346 e. The molecule has 0 amide bonds. The molecule has 0 radical (unpaired) electrons. The predicted octanol–water partition coefficient (Wildman–Crippen LogP) is 3.40. The van der Waals surface area contributed by atoms with E-state index in [1.165, 1.54) is 18.9 Å². The summed E-state index contributed by atoms with van der Waals surface area (Å²) in [6.45, 7) is 5.65. The van der Waals surface area contributed by atoms with E-state index < -0.39 is 18.0 Å². The SMILES string of the molecule is CCOC(=O)C1=C(C)N2C(=NC(C)=C(C(=O)OC)[C@H]2c2ccc(OC)cc2)S1. The van der Waals surface area contributed by atoms with Crippen molar-refractivity contribution >= 4 is 28.9 Å². The monoisotopic (exact) mass is 402 g/mol. The van der Waals surface area contributed by atoms with Gasteiger partial charge in [-0.1, -0.05) is 12.1 Å². The number of aliphatic imine (C=N–C) groups is 1. The Morgan fingerprint density at radius 2 is 1.82 bits per heavy atom. The third-order valence-corrected chi connectivity index (χ3v) is 5.71. The topological polar surface area (TPSA) is 77.4 Å². The minimum atomic E-state index is -0.467. The fourth-order valence-electron chi connectivity index (χ4n) is 3.24. The Balaban J connectivity index is 2.13. The van der Waals surface area contributed by atoms with Gasteiger partial charge in [-0.15, -0.1) is 0 Å². The van der Waals surface area contributed by atoms with Gasteiger partial charge in [-0.05, 0) is 50.2 Å². The summed E-state index contributed by atoms with van der Waals surface area (Å²) >= 11 is 1.25. The average molecular weight is 402 g/mol. The largest absolute Gasteiger partial charge is 0.497 e. The molecule has 2 heterocycles. The smallest absolute Gasteiger partial charge is 0.346 e. The highest BCUT2D eigenvalue weighted by Gasteiger charge is 2.43. The Morgan fingerprint density at radius 1 is 1.14 bits per heavy atom. The molecule has 2 aliphatic heterocycles. The van der Waals surface area contributed by atoms with Gasteiger partial charge in [0, 0.05) is 5.70 Å². The summed E-state index contributed by atoms with van der Waals surface area (Å²) in [6.07, 6.45) is 0. The van der Waals surface area contributed by atoms with E-state index in [4.69, 9.17) is 14.2 Å². The molecular weight excluding hydrogens is 380 g/mol. The van der Waals surface area contributed by atoms with E-state index in [0.717, 1.165) is 5.56 Å². The number of carbonyl (C=O) groups excluding carboxylic acids is 2. The van der Waals surface area contributed by atoms with Crippen molar-refractivity contribution in [1.29, 1.82) is 0 Å². The van der Waals surface area contributed by atoms with Gasteiger partial charge in [-0.2, -0.15) is 0 Å². The van der Waals surface area contributed by atoms with Crippen molar-refractivity contribution in [2.45, 2.75) is 26.8 Å². The van der Waals surface area contributed by atoms with E-state index in [1.807, 2.05) is 36.1 Å². The van der Waals surface area contributed by atoms with Crippen LogP contribution in [0.15, 0.2) is 51.1 Å². The molecule has 0 fully saturated rings. The standard InChI is InChI=1S/C20H22N2O5S/c1-6-27-19(24)17-12(3)22-16(13-7-9-14(25-4)10-8-13)15(18(23)26-5)11(2)21-20(22)28-17/h7-10,16H,6H2,1-5H3/t16-/m1/s1. The third-order valence-electron chi connectivity index (χ3n) is 4.57. The summed E-state index contributed by atoms with van der Waals surface area (Å²) in [7, 11) is 2.94. The molecule has 1 atom stereocenters. The highest BCUT2D eigenvalue weighted by atomic mass is 32.2. The first-order chi connectivity index (χ1) is 13.4. The van der Waals surface area contributed by atoms with Gasteiger partial charge in [-0.3, -0.25) is 0 Å². The first kappa shape index (κ1) is 20.0. The van der Waals surface area contributed by atoms with Gasteiger partial charge in [0.05, 0.1) is 38.1 Å². The minimum Gasteiger partial charge on any atom is -0.497 e. The third kappa shape index (κ3) is 3.40. The molecule has 0 saturated heterocycles. The number of hydrogen-bond acceptors (Lipinski definition) is 8. The molecule has 0 saturated carbocycles. The van der Waals surface area contributed by atoms with Gasteiger partial charge in [0.1, 0.15) is 10.7 Å². The van der Waals surface area contributed by atoms with Crippen molar-refractivity contribution in [1.82, 2.24) is 4.90 Å². The van der Waals surface area contributed by atoms with E-state index in [-0.39, 0.29) is 6.61 Å². The van der Waals surface area contributed by atoms with Gasteiger partial charge >= 0.3 is 11.9 Å². The second kappa shape index (κ2) is 8.10. The van der Waals surface area contributed by atoms with Crippen LogP contribution in [0.5, 0.6) is 5.75 Å². The van der Waals surface area contributed by atoms with Crippen molar-refractivity contribution < 1.29 is 23.8 Å². The second-order valence-electron chi connectivity index (χ2n) is 6.17. The van der Waals surface area contributed by atoms with E-state index in [2.05, 4.69) is 4.99 Å². The van der Waals surface area contributed by atoms with E-state index in [1.54, 1.807) is 21.0 Å². The lowest BCUT2D eigenvalue weighted by Crippen LogP contribution is -2.36. The van der Waals surface area contributed by atoms with Crippen molar-refractivity contribution in [2.75, 3.05) is 20.8 Å². The number of nitrogens with zero attached hydrogens (tertiary/aromatic N) is 2. The highest BCUT2D eigenvalue weighted by Crippen LogP contribution is 2.47. The Labute approximate surface area is 168 Å². The zero-order valence-corrected chi connectivity index (χ0v) is 17.3. The van der Waals surface area contributed by atoms with Crippen LogP contribution < -0.4 is 4.74 Å². The maximum atomic E-state index is 12.6. The quantitative estimate of drug-likeness (QED) is 0.699. The fraction of sp³-hybridized carbons (Fsp3) is 0.350. The number of ether oxygens (including phenoxy) is 3. The molecule has 1 aromatic rings. The van der Waals surface area contributed by atoms with E-state index in [9.17, 15) is 9.59 Å². The molecule has 8 heteroatoms. The van der Waals surface area contributed by atoms with Crippen LogP contribution in [-0.4, -0.2) is 42.8 Å². The lowest BCUT2D eigenvalue weighted by Gasteiger charge is -2.35. The molecule has 0 bridgehead atoms. The predicted molar refractivity (Wildman–Crippen MR) is 107 cm³/mol. The van der Waals surface area contributed by atoms with Gasteiger partial charge in [-0.25, -0.2) is 14.6 Å². The van der Waals surface area contributed by atoms with Crippen molar-refractivity contribution in [3.8, 4) is 5.75 Å². The highest BCUT2D eigenvalue weighted by molar-refractivity contribution is 8.18. The first-order valence-electron chi connectivity index (χ1n) is 8.79. The van der Waals surface area contributed by atoms with E-state index >= 15 is 0 Å². The minimum absolute atomic E-state index is 0.287. The molecule has 7 nitrogen and oxygen atoms in total. The molecule has 0 N–H and O–H groups in total. The summed E-state index contributed by atoms with van der Waals surface area (Å²) in [5.74, 6) is -0.139. The molecule has 0 aromatic heterocycles. The van der Waals surface area contributed by atoms with Gasteiger partial charge in [0.2, 0.25) is 0 Å². The molecule has 0 aliphatic carbocycles. The fourth-order valence-corrected chi connectivity index (χ4v) is 4.33. The van der Waals surface area contributed by atoms with Crippen LogP contribution in [0.1, 0.15) is 32.4 Å². The average Bonchev–Trinajstić information content (AvgIpc) is 3.02. The van der Waals surface area contributed by atoms with Gasteiger partial charge < -0.3 is 19.1 Å². The van der Waals surface area contributed by atoms with Crippen LogP contribution in [-0.2, 0) is 19.1 Å². The molecule has 3 rings (SSSR count). The molecule has 148 valence electrons. The van der Waals surface area contributed by atoms with Crippen LogP contribution in [0, 0.1) is 0 Å². The number of esters is 2. The number of allylic oxidation sites excluding steroid dienone is 2. The Kier molecular flexibility index (Phi) is 5.79. The Bertz CT molecular complexity index is 902. The number of carbonyl (C=O) groups is 2. The lowest BCUT2D eigenvalue weighted by molar-refractivity contribution is -0.138. The number of thioether (sulfide) groups is 1. The zero-order valence-electron chi connectivity index (χ0n) is 16.4. The number of hydrogen-bond donors (Lipinski definition) is 0. The van der Waals surface area contributed by atoms with Crippen LogP contribution in [0.3, 0.4) is 0 Å². The summed E-state index contributed by atoms with van der Waals surface area (Å²) in [4.78, 5) is 31.9. The molecule has 1 aromatic carbocycles. The molecular formula is C20H22N2O5S. The number of benzene rings is 1. The lowest BCUT2D eigenvalue weighted by atomic mass is 9.94. The van der Waals surface area contributed by atoms with Crippen molar-refractivity contribution in [3.05, 3.63) is 51.7 Å². The molecule has 0 spiro atoms. The second-order valence-corrected chi connectivity index (χ2v) is 7.15. The summed E-state index contributed by atoms with van der Waals surface area (Å²) in [6, 6.07) is 6.98. The van der Waals surface area contributed by atoms with Crippen LogP contribution in [0.2, 0.25) is 0 Å². The van der Waals surface area contributed by atoms with Crippen molar-refractivity contribution in [2.24, 2.45) is 4.99 Å². The summed E-state index contributed by atoms with van der Waals surface area (Å²) in [5, 5.41) is 0.631. The molecule has 0 unspecified atom stereocenters. The van der Waals surface area contributed by atoms with Crippen LogP contribution in [0.4, 0.5) is 0 Å². The number of rotatable bonds is 5. The normalized spacial score (nSPS) is 18.7. The Morgan fingerprint density at radius 3 is 2.39 bits per heavy atom. The van der Waals surface area contributed by atoms with Crippen LogP contribution in [0.25, 0.3) is 0 Å². The number of fused-ring (bicyclic) bond motifs is 1. The first-order valence-corrected chi connectivity index (χ1v) is 9.61. The van der Waals surface area contributed by atoms with Gasteiger partial charge in [0.25, 0.3) is 0 Å². The molecule has 2 aliphatic rings. The van der Waals surface area contributed by atoms with Crippen LogP contribution >= 0.6 is 11.8 Å². The zero-order chi connectivity index (χ0) is 20.4. The van der Waals surface area contributed by atoms with Gasteiger partial charge in [0.15, 0.2) is 5.17 Å². The van der Waals surface area contributed by atoms with E-state index in [0.29, 0.717) is 32.8 Å². The Hall–Kier alpha value is -2.74.